The van der Waals surface area contributed by atoms with E-state index in [4.69, 9.17) is 10.2 Å². The minimum atomic E-state index is -1.07. The van der Waals surface area contributed by atoms with Gasteiger partial charge in [-0.05, 0) is 26.0 Å². The summed E-state index contributed by atoms with van der Waals surface area (Å²) in [6.45, 7) is 3.33. The van der Waals surface area contributed by atoms with Gasteiger partial charge in [-0.3, -0.25) is 0 Å². The SMILES string of the molecule is CC(C)(N)C(F)Cc1ccco1. The van der Waals surface area contributed by atoms with Gasteiger partial charge in [0, 0.05) is 12.0 Å². The van der Waals surface area contributed by atoms with Crippen molar-refractivity contribution in [3.63, 3.8) is 0 Å². The molecule has 0 spiro atoms. The molecule has 0 bridgehead atoms. The molecule has 0 aliphatic carbocycles. The van der Waals surface area contributed by atoms with Gasteiger partial charge in [0.2, 0.25) is 0 Å². The Morgan fingerprint density at radius 3 is 2.75 bits per heavy atom. The summed E-state index contributed by atoms with van der Waals surface area (Å²) >= 11 is 0. The molecule has 0 saturated carbocycles. The first-order chi connectivity index (χ1) is 5.50. The number of hydrogen-bond acceptors (Lipinski definition) is 2. The van der Waals surface area contributed by atoms with E-state index < -0.39 is 11.7 Å². The number of rotatable bonds is 3. The van der Waals surface area contributed by atoms with Crippen molar-refractivity contribution in [2.45, 2.75) is 32.0 Å². The van der Waals surface area contributed by atoms with Gasteiger partial charge < -0.3 is 10.2 Å². The lowest BCUT2D eigenvalue weighted by molar-refractivity contribution is 0.208. The van der Waals surface area contributed by atoms with Crippen LogP contribution in [0, 0.1) is 0 Å². The summed E-state index contributed by atoms with van der Waals surface area (Å²) in [5.41, 5.74) is 4.78. The standard InChI is InChI=1S/C9H14FNO/c1-9(2,11)8(10)6-7-4-3-5-12-7/h3-5,8H,6,11H2,1-2H3. The molecule has 0 aliphatic rings. The van der Waals surface area contributed by atoms with Crippen LogP contribution < -0.4 is 5.73 Å². The average molecular weight is 171 g/mol. The summed E-state index contributed by atoms with van der Waals surface area (Å²) in [7, 11) is 0. The van der Waals surface area contributed by atoms with E-state index in [1.807, 2.05) is 0 Å². The van der Waals surface area contributed by atoms with Gasteiger partial charge in [0.1, 0.15) is 11.9 Å². The average Bonchev–Trinajstić information content (AvgIpc) is 2.37. The molecule has 2 nitrogen and oxygen atoms in total. The van der Waals surface area contributed by atoms with E-state index >= 15 is 0 Å². The monoisotopic (exact) mass is 171 g/mol. The Kier molecular flexibility index (Phi) is 2.52. The van der Waals surface area contributed by atoms with Gasteiger partial charge in [0.25, 0.3) is 0 Å². The zero-order chi connectivity index (χ0) is 9.19. The lowest BCUT2D eigenvalue weighted by atomic mass is 9.97. The number of hydrogen-bond donors (Lipinski definition) is 1. The quantitative estimate of drug-likeness (QED) is 0.754. The van der Waals surface area contributed by atoms with E-state index in [-0.39, 0.29) is 6.42 Å². The van der Waals surface area contributed by atoms with Crippen molar-refractivity contribution < 1.29 is 8.81 Å². The Hall–Kier alpha value is -0.830. The molecule has 1 heterocycles. The van der Waals surface area contributed by atoms with Crippen LogP contribution in [0.3, 0.4) is 0 Å². The minimum Gasteiger partial charge on any atom is -0.469 e. The highest BCUT2D eigenvalue weighted by atomic mass is 19.1. The smallest absolute Gasteiger partial charge is 0.124 e. The van der Waals surface area contributed by atoms with Gasteiger partial charge in [-0.1, -0.05) is 0 Å². The van der Waals surface area contributed by atoms with Crippen LogP contribution in [-0.2, 0) is 6.42 Å². The molecule has 1 aromatic rings. The molecule has 3 heteroatoms. The molecule has 1 aromatic heterocycles. The van der Waals surface area contributed by atoms with Crippen LogP contribution in [0.1, 0.15) is 19.6 Å². The van der Waals surface area contributed by atoms with Crippen molar-refractivity contribution in [1.29, 1.82) is 0 Å². The fourth-order valence-electron chi connectivity index (χ4n) is 0.868. The molecule has 2 N–H and O–H groups in total. The molecular formula is C9H14FNO. The van der Waals surface area contributed by atoms with Crippen LogP contribution in [0.5, 0.6) is 0 Å². The van der Waals surface area contributed by atoms with Gasteiger partial charge in [-0.25, -0.2) is 4.39 Å². The largest absolute Gasteiger partial charge is 0.469 e. The van der Waals surface area contributed by atoms with E-state index in [1.54, 1.807) is 26.0 Å². The Morgan fingerprint density at radius 1 is 1.67 bits per heavy atom. The highest BCUT2D eigenvalue weighted by molar-refractivity contribution is 5.02. The second-order valence-corrected chi connectivity index (χ2v) is 3.57. The normalized spacial score (nSPS) is 14.7. The maximum atomic E-state index is 13.3. The van der Waals surface area contributed by atoms with E-state index in [2.05, 4.69) is 0 Å². The first kappa shape index (κ1) is 9.26. The van der Waals surface area contributed by atoms with Crippen LogP contribution in [-0.4, -0.2) is 11.7 Å². The number of furan rings is 1. The van der Waals surface area contributed by atoms with Crippen LogP contribution >= 0.6 is 0 Å². The third kappa shape index (κ3) is 2.34. The van der Waals surface area contributed by atoms with Gasteiger partial charge in [-0.15, -0.1) is 0 Å². The summed E-state index contributed by atoms with van der Waals surface area (Å²) in [6.07, 6.45) is 0.714. The molecule has 1 unspecified atom stereocenters. The van der Waals surface area contributed by atoms with Crippen molar-refractivity contribution in [3.05, 3.63) is 24.2 Å². The molecule has 1 atom stereocenters. The van der Waals surface area contributed by atoms with Crippen LogP contribution in [0.2, 0.25) is 0 Å². The Bertz CT molecular complexity index is 225. The highest BCUT2D eigenvalue weighted by Gasteiger charge is 2.25. The van der Waals surface area contributed by atoms with E-state index in [9.17, 15) is 4.39 Å². The van der Waals surface area contributed by atoms with Crippen molar-refractivity contribution in [1.82, 2.24) is 0 Å². The maximum absolute atomic E-state index is 13.3. The predicted octanol–water partition coefficient (Wildman–Crippen LogP) is 1.90. The fourth-order valence-corrected chi connectivity index (χ4v) is 0.868. The van der Waals surface area contributed by atoms with Crippen LogP contribution in [0.4, 0.5) is 4.39 Å². The molecule has 12 heavy (non-hydrogen) atoms. The third-order valence-corrected chi connectivity index (χ3v) is 1.77. The molecule has 1 rings (SSSR count). The van der Waals surface area contributed by atoms with E-state index in [0.717, 1.165) is 0 Å². The molecule has 0 radical (unpaired) electrons. The molecular weight excluding hydrogens is 157 g/mol. The Balaban J connectivity index is 2.53. The zero-order valence-electron chi connectivity index (χ0n) is 7.38. The second kappa shape index (κ2) is 3.27. The summed E-state index contributed by atoms with van der Waals surface area (Å²) in [4.78, 5) is 0. The van der Waals surface area contributed by atoms with E-state index in [1.165, 1.54) is 6.26 Å². The molecule has 68 valence electrons. The highest BCUT2D eigenvalue weighted by Crippen LogP contribution is 2.15. The summed E-state index contributed by atoms with van der Waals surface area (Å²) < 4.78 is 18.3. The van der Waals surface area contributed by atoms with E-state index in [0.29, 0.717) is 5.76 Å². The summed E-state index contributed by atoms with van der Waals surface area (Å²) in [5, 5.41) is 0. The first-order valence-electron chi connectivity index (χ1n) is 3.95. The van der Waals surface area contributed by atoms with Crippen molar-refractivity contribution >= 4 is 0 Å². The van der Waals surface area contributed by atoms with Crippen molar-refractivity contribution in [2.75, 3.05) is 0 Å². The molecule has 0 amide bonds. The number of alkyl halides is 1. The third-order valence-electron chi connectivity index (χ3n) is 1.77. The van der Waals surface area contributed by atoms with Gasteiger partial charge in [-0.2, -0.15) is 0 Å². The lowest BCUT2D eigenvalue weighted by Crippen LogP contribution is -2.43. The van der Waals surface area contributed by atoms with Crippen molar-refractivity contribution in [2.24, 2.45) is 5.73 Å². The number of nitrogens with two attached hydrogens (primary N) is 1. The van der Waals surface area contributed by atoms with Gasteiger partial charge in [0.05, 0.1) is 6.26 Å². The van der Waals surface area contributed by atoms with Crippen molar-refractivity contribution in [3.8, 4) is 0 Å². The lowest BCUT2D eigenvalue weighted by Gasteiger charge is -2.22. The molecule has 0 aromatic carbocycles. The summed E-state index contributed by atoms with van der Waals surface area (Å²) in [6, 6.07) is 3.49. The molecule has 0 saturated heterocycles. The number of halogens is 1. The Labute approximate surface area is 71.6 Å². The second-order valence-electron chi connectivity index (χ2n) is 3.57. The zero-order valence-corrected chi connectivity index (χ0v) is 7.38. The fraction of sp³-hybridized carbons (Fsp3) is 0.556. The van der Waals surface area contributed by atoms with Crippen LogP contribution in [0.25, 0.3) is 0 Å². The molecule has 0 aliphatic heterocycles. The maximum Gasteiger partial charge on any atom is 0.124 e. The predicted molar refractivity (Wildman–Crippen MR) is 45.6 cm³/mol. The van der Waals surface area contributed by atoms with Gasteiger partial charge in [0.15, 0.2) is 0 Å². The minimum absolute atomic E-state index is 0.247. The Morgan fingerprint density at radius 2 is 2.33 bits per heavy atom. The summed E-state index contributed by atoms with van der Waals surface area (Å²) in [5.74, 6) is 0.640. The first-order valence-corrected chi connectivity index (χ1v) is 3.95. The van der Waals surface area contributed by atoms with Crippen LogP contribution in [0.15, 0.2) is 22.8 Å². The topological polar surface area (TPSA) is 39.2 Å². The molecule has 0 fully saturated rings. The van der Waals surface area contributed by atoms with Gasteiger partial charge >= 0.3 is 0 Å².